The van der Waals surface area contributed by atoms with Crippen LogP contribution in [0.25, 0.3) is 0 Å². The quantitative estimate of drug-likeness (QED) is 0.679. The first-order valence-corrected chi connectivity index (χ1v) is 10.2. The summed E-state index contributed by atoms with van der Waals surface area (Å²) in [6, 6.07) is 9.00. The number of amides is 1. The summed E-state index contributed by atoms with van der Waals surface area (Å²) in [4.78, 5) is 27.1. The third kappa shape index (κ3) is 4.29. The van der Waals surface area contributed by atoms with Crippen molar-refractivity contribution in [2.24, 2.45) is 0 Å². The fourth-order valence-corrected chi connectivity index (χ4v) is 4.18. The SMILES string of the molecule is COc1ccc(OC)c([C@H]2CCCN2CC(=O)Nc2cc3c(cc2C(C)=O)OCO3)c1. The van der Waals surface area contributed by atoms with E-state index >= 15 is 0 Å². The second-order valence-corrected chi connectivity index (χ2v) is 7.59. The van der Waals surface area contributed by atoms with Crippen LogP contribution in [0.15, 0.2) is 30.3 Å². The van der Waals surface area contributed by atoms with Gasteiger partial charge in [0.05, 0.1) is 26.5 Å². The molecule has 1 saturated heterocycles. The van der Waals surface area contributed by atoms with Crippen molar-refractivity contribution in [3.63, 3.8) is 0 Å². The first-order chi connectivity index (χ1) is 15.0. The molecule has 1 atom stereocenters. The molecule has 0 unspecified atom stereocenters. The highest BCUT2D eigenvalue weighted by molar-refractivity contribution is 6.05. The molecule has 1 amide bonds. The standard InChI is InChI=1S/C23H26N2O6/c1-14(26)16-10-21-22(31-13-30-21)11-18(16)24-23(27)12-25-8-4-5-19(25)17-9-15(28-2)6-7-20(17)29-3/h6-7,9-11,19H,4-5,8,12-13H2,1-3H3,(H,24,27)/t19-/m1/s1. The van der Waals surface area contributed by atoms with Crippen LogP contribution in [0.2, 0.25) is 0 Å². The van der Waals surface area contributed by atoms with Gasteiger partial charge in [0, 0.05) is 23.2 Å². The van der Waals surface area contributed by atoms with E-state index in [2.05, 4.69) is 10.2 Å². The van der Waals surface area contributed by atoms with E-state index < -0.39 is 0 Å². The van der Waals surface area contributed by atoms with Gasteiger partial charge in [-0.25, -0.2) is 0 Å². The van der Waals surface area contributed by atoms with Gasteiger partial charge in [0.2, 0.25) is 12.7 Å². The van der Waals surface area contributed by atoms with Crippen molar-refractivity contribution in [3.05, 3.63) is 41.5 Å². The Morgan fingerprint density at radius 3 is 2.61 bits per heavy atom. The zero-order chi connectivity index (χ0) is 22.0. The number of methoxy groups -OCH3 is 2. The summed E-state index contributed by atoms with van der Waals surface area (Å²) < 4.78 is 21.7. The molecule has 2 aliphatic heterocycles. The maximum absolute atomic E-state index is 12.9. The normalized spacial score (nSPS) is 17.5. The Labute approximate surface area is 181 Å². The smallest absolute Gasteiger partial charge is 0.238 e. The van der Waals surface area contributed by atoms with Crippen molar-refractivity contribution < 1.29 is 28.5 Å². The fraction of sp³-hybridized carbons (Fsp3) is 0.391. The number of ketones is 1. The lowest BCUT2D eigenvalue weighted by atomic mass is 10.0. The number of hydrogen-bond donors (Lipinski definition) is 1. The third-order valence-corrected chi connectivity index (χ3v) is 5.67. The largest absolute Gasteiger partial charge is 0.497 e. The van der Waals surface area contributed by atoms with Gasteiger partial charge in [-0.3, -0.25) is 14.5 Å². The molecule has 8 nitrogen and oxygen atoms in total. The average Bonchev–Trinajstić information content (AvgIpc) is 3.41. The van der Waals surface area contributed by atoms with E-state index in [-0.39, 0.29) is 31.1 Å². The summed E-state index contributed by atoms with van der Waals surface area (Å²) in [5.41, 5.74) is 1.82. The van der Waals surface area contributed by atoms with Crippen molar-refractivity contribution in [2.75, 3.05) is 39.4 Å². The Morgan fingerprint density at radius 2 is 1.90 bits per heavy atom. The summed E-state index contributed by atoms with van der Waals surface area (Å²) >= 11 is 0. The Hall–Kier alpha value is -3.26. The van der Waals surface area contributed by atoms with E-state index in [4.69, 9.17) is 18.9 Å². The molecule has 4 rings (SSSR count). The van der Waals surface area contributed by atoms with E-state index in [1.54, 1.807) is 26.4 Å². The zero-order valence-corrected chi connectivity index (χ0v) is 17.9. The number of benzene rings is 2. The lowest BCUT2D eigenvalue weighted by molar-refractivity contribution is -0.117. The maximum Gasteiger partial charge on any atom is 0.238 e. The van der Waals surface area contributed by atoms with E-state index in [0.29, 0.717) is 22.7 Å². The van der Waals surface area contributed by atoms with Gasteiger partial charge in [-0.05, 0) is 50.6 Å². The second-order valence-electron chi connectivity index (χ2n) is 7.59. The molecule has 0 radical (unpaired) electrons. The van der Waals surface area contributed by atoms with Crippen LogP contribution in [-0.2, 0) is 4.79 Å². The lowest BCUT2D eigenvalue weighted by Gasteiger charge is -2.26. The minimum Gasteiger partial charge on any atom is -0.497 e. The number of anilines is 1. The van der Waals surface area contributed by atoms with Crippen molar-refractivity contribution >= 4 is 17.4 Å². The Morgan fingerprint density at radius 1 is 1.13 bits per heavy atom. The minimum absolute atomic E-state index is 0.0415. The van der Waals surface area contributed by atoms with Crippen LogP contribution < -0.4 is 24.3 Å². The third-order valence-electron chi connectivity index (χ3n) is 5.67. The fourth-order valence-electron chi connectivity index (χ4n) is 4.18. The second kappa shape index (κ2) is 8.85. The molecule has 8 heteroatoms. The molecule has 164 valence electrons. The van der Waals surface area contributed by atoms with Gasteiger partial charge in [-0.15, -0.1) is 0 Å². The first kappa shape index (κ1) is 21.0. The molecule has 0 spiro atoms. The van der Waals surface area contributed by atoms with Crippen LogP contribution in [-0.4, -0.2) is 50.7 Å². The Balaban J connectivity index is 1.52. The van der Waals surface area contributed by atoms with Crippen LogP contribution in [0.5, 0.6) is 23.0 Å². The number of carbonyl (C=O) groups excluding carboxylic acids is 2. The molecule has 0 aromatic heterocycles. The van der Waals surface area contributed by atoms with Gasteiger partial charge in [0.25, 0.3) is 0 Å². The number of nitrogens with zero attached hydrogens (tertiary/aromatic N) is 1. The number of rotatable bonds is 7. The molecular formula is C23H26N2O6. The summed E-state index contributed by atoms with van der Waals surface area (Å²) in [5.74, 6) is 2.18. The topological polar surface area (TPSA) is 86.3 Å². The van der Waals surface area contributed by atoms with Gasteiger partial charge in [0.1, 0.15) is 11.5 Å². The van der Waals surface area contributed by atoms with Crippen molar-refractivity contribution in [1.29, 1.82) is 0 Å². The van der Waals surface area contributed by atoms with Gasteiger partial charge in [-0.1, -0.05) is 0 Å². The Bertz CT molecular complexity index is 1010. The molecular weight excluding hydrogens is 400 g/mol. The molecule has 2 heterocycles. The molecule has 0 saturated carbocycles. The first-order valence-electron chi connectivity index (χ1n) is 10.2. The maximum atomic E-state index is 12.9. The number of fused-ring (bicyclic) bond motifs is 1. The van der Waals surface area contributed by atoms with E-state index in [9.17, 15) is 9.59 Å². The molecule has 0 aliphatic carbocycles. The van der Waals surface area contributed by atoms with Crippen LogP contribution >= 0.6 is 0 Å². The lowest BCUT2D eigenvalue weighted by Crippen LogP contribution is -2.33. The Kier molecular flexibility index (Phi) is 5.99. The number of carbonyl (C=O) groups is 2. The summed E-state index contributed by atoms with van der Waals surface area (Å²) in [6.45, 7) is 2.54. The van der Waals surface area contributed by atoms with Crippen LogP contribution in [0.4, 0.5) is 5.69 Å². The highest BCUT2D eigenvalue weighted by atomic mass is 16.7. The number of ether oxygens (including phenoxy) is 4. The van der Waals surface area contributed by atoms with Crippen LogP contribution in [0, 0.1) is 0 Å². The highest BCUT2D eigenvalue weighted by Crippen LogP contribution is 2.39. The summed E-state index contributed by atoms with van der Waals surface area (Å²) in [5, 5.41) is 2.88. The van der Waals surface area contributed by atoms with E-state index in [1.165, 1.54) is 6.92 Å². The molecule has 2 aromatic rings. The van der Waals surface area contributed by atoms with Gasteiger partial charge < -0.3 is 24.3 Å². The zero-order valence-electron chi connectivity index (χ0n) is 17.9. The molecule has 0 bridgehead atoms. The molecule has 2 aliphatic rings. The average molecular weight is 426 g/mol. The predicted molar refractivity (Wildman–Crippen MR) is 114 cm³/mol. The van der Waals surface area contributed by atoms with E-state index in [1.807, 2.05) is 18.2 Å². The van der Waals surface area contributed by atoms with Gasteiger partial charge in [-0.2, -0.15) is 0 Å². The van der Waals surface area contributed by atoms with Crippen LogP contribution in [0.1, 0.15) is 41.7 Å². The monoisotopic (exact) mass is 426 g/mol. The van der Waals surface area contributed by atoms with Crippen molar-refractivity contribution in [3.8, 4) is 23.0 Å². The molecule has 1 fully saturated rings. The van der Waals surface area contributed by atoms with Crippen molar-refractivity contribution in [2.45, 2.75) is 25.8 Å². The summed E-state index contributed by atoms with van der Waals surface area (Å²) in [6.07, 6.45) is 1.89. The van der Waals surface area contributed by atoms with Crippen LogP contribution in [0.3, 0.4) is 0 Å². The molecule has 2 aromatic carbocycles. The molecule has 31 heavy (non-hydrogen) atoms. The van der Waals surface area contributed by atoms with Gasteiger partial charge >= 0.3 is 0 Å². The number of likely N-dealkylation sites (tertiary alicyclic amines) is 1. The number of nitrogens with one attached hydrogen (secondary N) is 1. The number of hydrogen-bond acceptors (Lipinski definition) is 7. The summed E-state index contributed by atoms with van der Waals surface area (Å²) in [7, 11) is 3.27. The minimum atomic E-state index is -0.199. The van der Waals surface area contributed by atoms with Crippen molar-refractivity contribution in [1.82, 2.24) is 4.90 Å². The van der Waals surface area contributed by atoms with Gasteiger partial charge in [0.15, 0.2) is 17.3 Å². The van der Waals surface area contributed by atoms with E-state index in [0.717, 1.165) is 36.4 Å². The predicted octanol–water partition coefficient (Wildman–Crippen LogP) is 3.41. The number of Topliss-reactive ketones (excluding diaryl/α,β-unsaturated/α-hetero) is 1. The molecule has 1 N–H and O–H groups in total. The highest BCUT2D eigenvalue weighted by Gasteiger charge is 2.30.